The average molecular weight is 428 g/mol. The summed E-state index contributed by atoms with van der Waals surface area (Å²) in [6, 6.07) is 6.89. The molecule has 0 radical (unpaired) electrons. The first-order valence-corrected chi connectivity index (χ1v) is 9.84. The Balaban J connectivity index is 2.05. The summed E-state index contributed by atoms with van der Waals surface area (Å²) in [6.07, 6.45) is 3.85. The number of methoxy groups -OCH3 is 4. The molecule has 2 aromatic rings. The Hall–Kier alpha value is -3.26. The van der Waals surface area contributed by atoms with E-state index in [0.717, 1.165) is 5.56 Å². The van der Waals surface area contributed by atoms with E-state index in [-0.39, 0.29) is 18.3 Å². The molecule has 1 aliphatic heterocycles. The lowest BCUT2D eigenvalue weighted by molar-refractivity contribution is 0.0971. The fourth-order valence-electron chi connectivity index (χ4n) is 3.34. The first kappa shape index (κ1) is 22.4. The number of hydrogen-bond donors (Lipinski definition) is 0. The lowest BCUT2D eigenvalue weighted by atomic mass is 9.99. The van der Waals surface area contributed by atoms with Gasteiger partial charge < -0.3 is 23.7 Å². The quantitative estimate of drug-likeness (QED) is 0.636. The summed E-state index contributed by atoms with van der Waals surface area (Å²) < 4.78 is 27.4. The van der Waals surface area contributed by atoms with E-state index in [1.54, 1.807) is 31.4 Å². The van der Waals surface area contributed by atoms with Gasteiger partial charge in [-0.05, 0) is 50.3 Å². The van der Waals surface area contributed by atoms with Crippen LogP contribution in [0.25, 0.3) is 6.08 Å². The fraction of sp³-hybridized carbons (Fsp3) is 0.391. The van der Waals surface area contributed by atoms with Crippen LogP contribution in [0.5, 0.6) is 23.1 Å². The second kappa shape index (κ2) is 9.26. The molecule has 0 spiro atoms. The number of rotatable bonds is 8. The molecule has 0 aliphatic carbocycles. The SMILES string of the molecule is COCCN(C(=O)c1ccc2c(c1OC)C=CC(C)(C)O2)c1ccc(OC)c(OC)n1. The Morgan fingerprint density at radius 1 is 1.06 bits per heavy atom. The van der Waals surface area contributed by atoms with Gasteiger partial charge in [-0.1, -0.05) is 0 Å². The Morgan fingerprint density at radius 2 is 1.84 bits per heavy atom. The number of ether oxygens (including phenoxy) is 5. The Bertz CT molecular complexity index is 986. The molecule has 0 saturated heterocycles. The van der Waals surface area contributed by atoms with Gasteiger partial charge in [-0.2, -0.15) is 4.98 Å². The van der Waals surface area contributed by atoms with Gasteiger partial charge in [0.05, 0.1) is 45.6 Å². The summed E-state index contributed by atoms with van der Waals surface area (Å²) >= 11 is 0. The van der Waals surface area contributed by atoms with E-state index in [0.29, 0.717) is 35.2 Å². The van der Waals surface area contributed by atoms with E-state index in [2.05, 4.69) is 4.98 Å². The Kier molecular flexibility index (Phi) is 6.70. The van der Waals surface area contributed by atoms with Crippen molar-refractivity contribution in [2.75, 3.05) is 46.5 Å². The Labute approximate surface area is 182 Å². The molecule has 1 aromatic carbocycles. The van der Waals surface area contributed by atoms with Crippen molar-refractivity contribution in [3.05, 3.63) is 41.5 Å². The molecule has 0 bridgehead atoms. The second-order valence-corrected chi connectivity index (χ2v) is 7.43. The summed E-state index contributed by atoms with van der Waals surface area (Å²) in [5.74, 6) is 1.99. The smallest absolute Gasteiger partial charge is 0.263 e. The molecule has 0 unspecified atom stereocenters. The molecule has 0 saturated carbocycles. The lowest BCUT2D eigenvalue weighted by Gasteiger charge is -2.29. The molecule has 0 atom stereocenters. The molecule has 8 heteroatoms. The van der Waals surface area contributed by atoms with Crippen LogP contribution in [0, 0.1) is 0 Å². The third kappa shape index (κ3) is 4.59. The van der Waals surface area contributed by atoms with Gasteiger partial charge in [0.15, 0.2) is 5.75 Å². The van der Waals surface area contributed by atoms with Crippen LogP contribution < -0.4 is 23.8 Å². The molecular formula is C23H28N2O6. The van der Waals surface area contributed by atoms with E-state index in [4.69, 9.17) is 23.7 Å². The molecule has 8 nitrogen and oxygen atoms in total. The first-order valence-electron chi connectivity index (χ1n) is 9.84. The molecule has 166 valence electrons. The van der Waals surface area contributed by atoms with Gasteiger partial charge in [-0.15, -0.1) is 0 Å². The van der Waals surface area contributed by atoms with Gasteiger partial charge in [-0.25, -0.2) is 0 Å². The van der Waals surface area contributed by atoms with Crippen LogP contribution in [0.4, 0.5) is 5.82 Å². The number of fused-ring (bicyclic) bond motifs is 1. The molecule has 2 heterocycles. The van der Waals surface area contributed by atoms with Crippen molar-refractivity contribution in [1.29, 1.82) is 0 Å². The summed E-state index contributed by atoms with van der Waals surface area (Å²) in [7, 11) is 6.14. The minimum atomic E-state index is -0.433. The number of nitrogens with zero attached hydrogens (tertiary/aromatic N) is 2. The minimum Gasteiger partial charge on any atom is -0.495 e. The van der Waals surface area contributed by atoms with Gasteiger partial charge in [0, 0.05) is 7.11 Å². The predicted octanol–water partition coefficient (Wildman–Crippen LogP) is 3.58. The minimum absolute atomic E-state index is 0.283. The summed E-state index contributed by atoms with van der Waals surface area (Å²) in [5, 5.41) is 0. The zero-order chi connectivity index (χ0) is 22.6. The molecular weight excluding hydrogens is 400 g/mol. The first-order chi connectivity index (χ1) is 14.8. The van der Waals surface area contributed by atoms with Crippen LogP contribution in [-0.4, -0.2) is 58.1 Å². The van der Waals surface area contributed by atoms with Crippen LogP contribution in [0.15, 0.2) is 30.3 Å². The van der Waals surface area contributed by atoms with Crippen LogP contribution in [-0.2, 0) is 4.74 Å². The van der Waals surface area contributed by atoms with Crippen molar-refractivity contribution in [2.24, 2.45) is 0 Å². The van der Waals surface area contributed by atoms with Crippen LogP contribution in [0.1, 0.15) is 29.8 Å². The van der Waals surface area contributed by atoms with E-state index < -0.39 is 5.60 Å². The van der Waals surface area contributed by atoms with E-state index in [1.807, 2.05) is 26.0 Å². The normalized spacial score (nSPS) is 13.7. The van der Waals surface area contributed by atoms with Crippen LogP contribution in [0.3, 0.4) is 0 Å². The number of amides is 1. The third-order valence-electron chi connectivity index (χ3n) is 4.88. The number of carbonyl (C=O) groups excluding carboxylic acids is 1. The third-order valence-corrected chi connectivity index (χ3v) is 4.88. The van der Waals surface area contributed by atoms with E-state index in [1.165, 1.54) is 26.2 Å². The zero-order valence-electron chi connectivity index (χ0n) is 18.7. The maximum absolute atomic E-state index is 13.6. The maximum Gasteiger partial charge on any atom is 0.263 e. The van der Waals surface area contributed by atoms with Crippen molar-refractivity contribution in [3.63, 3.8) is 0 Å². The number of hydrogen-bond acceptors (Lipinski definition) is 7. The number of aromatic nitrogens is 1. The van der Waals surface area contributed by atoms with Gasteiger partial charge in [0.1, 0.15) is 22.9 Å². The predicted molar refractivity (Wildman–Crippen MR) is 118 cm³/mol. The highest BCUT2D eigenvalue weighted by molar-refractivity contribution is 6.08. The highest BCUT2D eigenvalue weighted by Crippen LogP contribution is 2.40. The zero-order valence-corrected chi connectivity index (χ0v) is 18.7. The van der Waals surface area contributed by atoms with Crippen molar-refractivity contribution < 1.29 is 28.5 Å². The molecule has 31 heavy (non-hydrogen) atoms. The van der Waals surface area contributed by atoms with Gasteiger partial charge >= 0.3 is 0 Å². The molecule has 0 fully saturated rings. The van der Waals surface area contributed by atoms with Crippen LogP contribution >= 0.6 is 0 Å². The molecule has 1 aliphatic rings. The van der Waals surface area contributed by atoms with Crippen molar-refractivity contribution in [1.82, 2.24) is 4.98 Å². The van der Waals surface area contributed by atoms with Crippen molar-refractivity contribution >= 4 is 17.8 Å². The largest absolute Gasteiger partial charge is 0.495 e. The maximum atomic E-state index is 13.6. The number of benzene rings is 1. The summed E-state index contributed by atoms with van der Waals surface area (Å²) in [4.78, 5) is 19.6. The summed E-state index contributed by atoms with van der Waals surface area (Å²) in [6.45, 7) is 4.55. The molecule has 0 N–H and O–H groups in total. The molecule has 1 amide bonds. The lowest BCUT2D eigenvalue weighted by Crippen LogP contribution is -2.35. The standard InChI is InChI=1S/C23H28N2O6/c1-23(2)12-11-15-17(31-23)8-7-16(20(15)29-5)22(26)25(13-14-27-3)19-10-9-18(28-4)21(24-19)30-6/h7-12H,13-14H2,1-6H3. The topological polar surface area (TPSA) is 79.4 Å². The second-order valence-electron chi connectivity index (χ2n) is 7.43. The van der Waals surface area contributed by atoms with Gasteiger partial charge in [0.25, 0.3) is 11.8 Å². The van der Waals surface area contributed by atoms with Gasteiger partial charge in [0.2, 0.25) is 0 Å². The average Bonchev–Trinajstić information content (AvgIpc) is 2.77. The Morgan fingerprint density at radius 3 is 2.48 bits per heavy atom. The molecule has 3 rings (SSSR count). The highest BCUT2D eigenvalue weighted by atomic mass is 16.5. The molecule has 1 aromatic heterocycles. The number of pyridine rings is 1. The fourth-order valence-corrected chi connectivity index (χ4v) is 3.34. The van der Waals surface area contributed by atoms with Crippen LogP contribution in [0.2, 0.25) is 0 Å². The van der Waals surface area contributed by atoms with Crippen molar-refractivity contribution in [2.45, 2.75) is 19.4 Å². The van der Waals surface area contributed by atoms with E-state index in [9.17, 15) is 4.79 Å². The summed E-state index contributed by atoms with van der Waals surface area (Å²) in [5.41, 5.74) is 0.680. The van der Waals surface area contributed by atoms with E-state index >= 15 is 0 Å². The number of carbonyl (C=O) groups is 1. The number of anilines is 1. The van der Waals surface area contributed by atoms with Gasteiger partial charge in [-0.3, -0.25) is 9.69 Å². The highest BCUT2D eigenvalue weighted by Gasteiger charge is 2.29. The monoisotopic (exact) mass is 428 g/mol. The van der Waals surface area contributed by atoms with Crippen molar-refractivity contribution in [3.8, 4) is 23.1 Å².